The molecule has 2 unspecified atom stereocenters. The van der Waals surface area contributed by atoms with Gasteiger partial charge in [-0.15, -0.1) is 0 Å². The Morgan fingerprint density at radius 2 is 1.51 bits per heavy atom. The summed E-state index contributed by atoms with van der Waals surface area (Å²) in [5.74, 6) is -0.471. The summed E-state index contributed by atoms with van der Waals surface area (Å²) < 4.78 is 37.1. The first-order valence-corrected chi connectivity index (χ1v) is 16.9. The molecule has 0 radical (unpaired) electrons. The molecule has 0 spiro atoms. The van der Waals surface area contributed by atoms with E-state index in [0.29, 0.717) is 6.42 Å². The van der Waals surface area contributed by atoms with Gasteiger partial charge in [0.2, 0.25) is 5.91 Å². The number of hydrogen-bond acceptors (Lipinski definition) is 10. The molecule has 5 rings (SSSR count). The number of hydrogen-bond donors (Lipinski definition) is 3. The van der Waals surface area contributed by atoms with Gasteiger partial charge in [0.25, 0.3) is 0 Å². The van der Waals surface area contributed by atoms with E-state index >= 15 is 0 Å². The van der Waals surface area contributed by atoms with Crippen LogP contribution in [0.15, 0.2) is 91.0 Å². The molecule has 11 heteroatoms. The minimum Gasteiger partial charge on any atom is -0.460 e. The third-order valence-corrected chi connectivity index (χ3v) is 8.33. The predicted octanol–water partition coefficient (Wildman–Crippen LogP) is 4.04. The molecule has 3 aromatic rings. The lowest BCUT2D eigenvalue weighted by atomic mass is 9.95. The number of nitrogens with one attached hydrogen (secondary N) is 2. The molecular weight excluding hydrogens is 628 g/mol. The Balaban J connectivity index is 1.27. The normalized spacial score (nSPS) is 24.8. The second-order valence-electron chi connectivity index (χ2n) is 12.9. The highest BCUT2D eigenvalue weighted by Gasteiger charge is 2.51. The fourth-order valence-corrected chi connectivity index (χ4v) is 5.96. The summed E-state index contributed by atoms with van der Waals surface area (Å²) in [6.07, 6.45) is -4.03. The van der Waals surface area contributed by atoms with Crippen molar-refractivity contribution >= 4 is 11.9 Å². The standard InChI is InChI=1S/C38H48N2O9/c1-25(2)19-31(36(43)45-21-27-13-7-4-8-14-27)39-20-30(42)23-44-35-33(40-26(3)41)38(46-22-28-15-9-5-10-16-28)48-32-24-47-37(49-34(32)35)29-17-11-6-12-18-29/h4-18,25,30-35,37-39,42H,19-24H2,1-3H3,(H,40,41)/t30?,31-,32+,33+,34+,35+,37?,38-/m0/s1. The van der Waals surface area contributed by atoms with Gasteiger partial charge in [0.1, 0.15) is 37.0 Å². The highest BCUT2D eigenvalue weighted by atomic mass is 16.8. The van der Waals surface area contributed by atoms with Crippen LogP contribution in [0.3, 0.4) is 0 Å². The number of aliphatic hydroxyl groups excluding tert-OH is 1. The summed E-state index contributed by atoms with van der Waals surface area (Å²) in [6.45, 7) is 6.03. The Morgan fingerprint density at radius 1 is 0.878 bits per heavy atom. The molecule has 3 N–H and O–H groups in total. The van der Waals surface area contributed by atoms with Crippen molar-refractivity contribution in [2.24, 2.45) is 5.92 Å². The topological polar surface area (TPSA) is 134 Å². The van der Waals surface area contributed by atoms with E-state index in [4.69, 9.17) is 28.4 Å². The van der Waals surface area contributed by atoms with E-state index in [1.165, 1.54) is 6.92 Å². The predicted molar refractivity (Wildman–Crippen MR) is 181 cm³/mol. The van der Waals surface area contributed by atoms with Crippen molar-refractivity contribution in [1.82, 2.24) is 10.6 Å². The fourth-order valence-electron chi connectivity index (χ4n) is 5.96. The fraction of sp³-hybridized carbons (Fsp3) is 0.474. The van der Waals surface area contributed by atoms with Crippen LogP contribution in [0.2, 0.25) is 0 Å². The lowest BCUT2D eigenvalue weighted by Crippen LogP contribution is -2.67. The van der Waals surface area contributed by atoms with Crippen LogP contribution in [0.25, 0.3) is 0 Å². The van der Waals surface area contributed by atoms with Crippen LogP contribution in [0.4, 0.5) is 0 Å². The van der Waals surface area contributed by atoms with Crippen molar-refractivity contribution in [2.75, 3.05) is 19.8 Å². The molecule has 0 bridgehead atoms. The molecule has 2 fully saturated rings. The highest BCUT2D eigenvalue weighted by molar-refractivity contribution is 5.75. The number of fused-ring (bicyclic) bond motifs is 1. The quantitative estimate of drug-likeness (QED) is 0.191. The number of aliphatic hydroxyl groups is 1. The first-order valence-electron chi connectivity index (χ1n) is 16.9. The average Bonchev–Trinajstić information content (AvgIpc) is 3.11. The van der Waals surface area contributed by atoms with Gasteiger partial charge in [0.05, 0.1) is 25.9 Å². The zero-order chi connectivity index (χ0) is 34.6. The van der Waals surface area contributed by atoms with E-state index in [-0.39, 0.29) is 50.8 Å². The van der Waals surface area contributed by atoms with Crippen LogP contribution in [0.1, 0.15) is 50.2 Å². The Bertz CT molecular complexity index is 1430. The van der Waals surface area contributed by atoms with Crippen LogP contribution in [0, 0.1) is 5.92 Å². The first-order chi connectivity index (χ1) is 23.8. The smallest absolute Gasteiger partial charge is 0.323 e. The number of amides is 1. The maximum Gasteiger partial charge on any atom is 0.323 e. The number of rotatable bonds is 16. The van der Waals surface area contributed by atoms with Crippen LogP contribution in [-0.2, 0) is 51.2 Å². The number of esters is 1. The molecule has 3 aromatic carbocycles. The third kappa shape index (κ3) is 10.9. The van der Waals surface area contributed by atoms with Crippen molar-refractivity contribution in [3.63, 3.8) is 0 Å². The van der Waals surface area contributed by atoms with Gasteiger partial charge in [-0.3, -0.25) is 9.59 Å². The molecule has 2 aliphatic rings. The molecule has 2 heterocycles. The van der Waals surface area contributed by atoms with E-state index in [1.54, 1.807) is 0 Å². The number of benzene rings is 3. The molecule has 2 saturated heterocycles. The maximum atomic E-state index is 13.0. The molecule has 11 nitrogen and oxygen atoms in total. The number of ether oxygens (including phenoxy) is 6. The van der Waals surface area contributed by atoms with Gasteiger partial charge in [-0.1, -0.05) is 105 Å². The van der Waals surface area contributed by atoms with Crippen molar-refractivity contribution in [3.8, 4) is 0 Å². The van der Waals surface area contributed by atoms with Crippen LogP contribution >= 0.6 is 0 Å². The molecular formula is C38H48N2O9. The number of carbonyl (C=O) groups excluding carboxylic acids is 2. The van der Waals surface area contributed by atoms with Crippen molar-refractivity contribution < 1.29 is 43.1 Å². The minimum atomic E-state index is -0.996. The molecule has 0 saturated carbocycles. The van der Waals surface area contributed by atoms with Gasteiger partial charge < -0.3 is 44.2 Å². The monoisotopic (exact) mass is 676 g/mol. The van der Waals surface area contributed by atoms with Gasteiger partial charge in [-0.25, -0.2) is 0 Å². The summed E-state index contributed by atoms with van der Waals surface area (Å²) in [5.41, 5.74) is 2.66. The molecule has 8 atom stereocenters. The van der Waals surface area contributed by atoms with Gasteiger partial charge in [0, 0.05) is 19.0 Å². The van der Waals surface area contributed by atoms with Gasteiger partial charge in [-0.05, 0) is 23.5 Å². The molecule has 49 heavy (non-hydrogen) atoms. The van der Waals surface area contributed by atoms with Crippen LogP contribution in [-0.4, -0.2) is 79.5 Å². The lowest BCUT2D eigenvalue weighted by molar-refractivity contribution is -0.350. The molecule has 264 valence electrons. The summed E-state index contributed by atoms with van der Waals surface area (Å²) in [6, 6.07) is 27.3. The Kier molecular flexibility index (Phi) is 13.7. The van der Waals surface area contributed by atoms with Crippen LogP contribution < -0.4 is 10.6 Å². The molecule has 0 aromatic heterocycles. The largest absolute Gasteiger partial charge is 0.460 e. The SMILES string of the molecule is CC(=O)N[C@H]1[C@@H](OCc2ccccc2)O[C@@H]2COC(c3ccccc3)O[C@H]2[C@@H]1OCC(O)CN[C@@H](CC(C)C)C(=O)OCc1ccccc1. The average molecular weight is 677 g/mol. The molecule has 1 amide bonds. The second-order valence-corrected chi connectivity index (χ2v) is 12.9. The van der Waals surface area contributed by atoms with Crippen molar-refractivity contribution in [2.45, 2.75) is 89.5 Å². The van der Waals surface area contributed by atoms with E-state index < -0.39 is 49.1 Å². The van der Waals surface area contributed by atoms with E-state index in [1.807, 2.05) is 105 Å². The van der Waals surface area contributed by atoms with Crippen LogP contribution in [0.5, 0.6) is 0 Å². The Hall–Kier alpha value is -3.68. The minimum absolute atomic E-state index is 0.0739. The zero-order valence-corrected chi connectivity index (χ0v) is 28.3. The summed E-state index contributed by atoms with van der Waals surface area (Å²) in [4.78, 5) is 25.5. The summed E-state index contributed by atoms with van der Waals surface area (Å²) in [7, 11) is 0. The van der Waals surface area contributed by atoms with Gasteiger partial charge in [-0.2, -0.15) is 0 Å². The molecule has 2 aliphatic heterocycles. The van der Waals surface area contributed by atoms with E-state index in [9.17, 15) is 14.7 Å². The maximum absolute atomic E-state index is 13.0. The lowest BCUT2D eigenvalue weighted by Gasteiger charge is -2.49. The first kappa shape index (κ1) is 36.6. The summed E-state index contributed by atoms with van der Waals surface area (Å²) >= 11 is 0. The third-order valence-electron chi connectivity index (χ3n) is 8.33. The van der Waals surface area contributed by atoms with Crippen molar-refractivity contribution in [1.29, 1.82) is 0 Å². The molecule has 0 aliphatic carbocycles. The van der Waals surface area contributed by atoms with E-state index in [2.05, 4.69) is 10.6 Å². The zero-order valence-electron chi connectivity index (χ0n) is 28.3. The highest BCUT2D eigenvalue weighted by Crippen LogP contribution is 2.36. The Morgan fingerprint density at radius 3 is 2.14 bits per heavy atom. The van der Waals surface area contributed by atoms with E-state index in [0.717, 1.165) is 16.7 Å². The second kappa shape index (κ2) is 18.4. The van der Waals surface area contributed by atoms with Gasteiger partial charge >= 0.3 is 5.97 Å². The Labute approximate surface area is 288 Å². The van der Waals surface area contributed by atoms with Crippen molar-refractivity contribution in [3.05, 3.63) is 108 Å². The number of carbonyl (C=O) groups is 2. The van der Waals surface area contributed by atoms with Gasteiger partial charge in [0.15, 0.2) is 12.6 Å². The summed E-state index contributed by atoms with van der Waals surface area (Å²) in [5, 5.41) is 17.2.